The molecule has 3 aromatic rings. The molecule has 0 spiro atoms. The number of aromatic nitrogens is 1. The molecule has 0 amide bonds. The van der Waals surface area contributed by atoms with Crippen molar-refractivity contribution < 1.29 is 22.3 Å². The fraction of sp³-hybridized carbons (Fsp3) is 0.174. The molecule has 1 aromatic heterocycles. The minimum absolute atomic E-state index is 0.0164. The average Bonchev–Trinajstić information content (AvgIpc) is 3.18. The molecule has 162 valence electrons. The second kappa shape index (κ2) is 9.72. The predicted octanol–water partition coefficient (Wildman–Crippen LogP) is 3.83. The number of benzene rings is 2. The van der Waals surface area contributed by atoms with Crippen molar-refractivity contribution in [2.24, 2.45) is 0 Å². The van der Waals surface area contributed by atoms with E-state index < -0.39 is 21.8 Å². The van der Waals surface area contributed by atoms with Crippen LogP contribution in [0.15, 0.2) is 71.8 Å². The highest BCUT2D eigenvalue weighted by molar-refractivity contribution is 7.90. The van der Waals surface area contributed by atoms with Crippen molar-refractivity contribution >= 4 is 22.1 Å². The van der Waals surface area contributed by atoms with Crippen LogP contribution in [-0.4, -0.2) is 32.0 Å². The topological polar surface area (TPSA) is 77.4 Å². The summed E-state index contributed by atoms with van der Waals surface area (Å²) in [6, 6.07) is 13.9. The summed E-state index contributed by atoms with van der Waals surface area (Å²) in [5, 5.41) is 2.97. The van der Waals surface area contributed by atoms with Gasteiger partial charge in [0.15, 0.2) is 0 Å². The highest BCUT2D eigenvalue weighted by Gasteiger charge is 2.23. The Labute approximate surface area is 181 Å². The first kappa shape index (κ1) is 22.5. The number of halogens is 1. The largest absolute Gasteiger partial charge is 0.463 e. The van der Waals surface area contributed by atoms with E-state index in [0.717, 1.165) is 3.97 Å². The quantitative estimate of drug-likeness (QED) is 0.424. The molecule has 0 fully saturated rings. The molecule has 6 nitrogen and oxygen atoms in total. The van der Waals surface area contributed by atoms with Gasteiger partial charge in [0.1, 0.15) is 5.82 Å². The molecular weight excluding hydrogens is 419 g/mol. The van der Waals surface area contributed by atoms with Crippen LogP contribution in [0.5, 0.6) is 0 Å². The van der Waals surface area contributed by atoms with E-state index in [1.54, 1.807) is 50.4 Å². The zero-order valence-corrected chi connectivity index (χ0v) is 18.0. The maximum atomic E-state index is 14.5. The van der Waals surface area contributed by atoms with Crippen LogP contribution in [0.25, 0.3) is 17.3 Å². The third kappa shape index (κ3) is 5.10. The van der Waals surface area contributed by atoms with E-state index in [1.807, 2.05) is 0 Å². The average molecular weight is 443 g/mol. The lowest BCUT2D eigenvalue weighted by molar-refractivity contribution is -0.137. The molecule has 1 N–H and O–H groups in total. The number of hydrogen-bond acceptors (Lipinski definition) is 5. The Balaban J connectivity index is 2.07. The number of carbonyl (C=O) groups excluding carboxylic acids is 1. The first-order valence-electron chi connectivity index (χ1n) is 9.68. The maximum absolute atomic E-state index is 14.5. The second-order valence-electron chi connectivity index (χ2n) is 6.70. The van der Waals surface area contributed by atoms with E-state index in [2.05, 4.69) is 5.32 Å². The molecule has 0 saturated carbocycles. The molecule has 31 heavy (non-hydrogen) atoms. The minimum atomic E-state index is -4.03. The third-order valence-corrected chi connectivity index (χ3v) is 6.16. The molecular formula is C23H23FN2O4S. The highest BCUT2D eigenvalue weighted by Crippen LogP contribution is 2.29. The lowest BCUT2D eigenvalue weighted by atomic mass is 10.1. The number of esters is 1. The van der Waals surface area contributed by atoms with Crippen molar-refractivity contribution in [3.8, 4) is 11.3 Å². The summed E-state index contributed by atoms with van der Waals surface area (Å²) in [6.07, 6.45) is 4.20. The van der Waals surface area contributed by atoms with Gasteiger partial charge in [0.2, 0.25) is 0 Å². The van der Waals surface area contributed by atoms with Crippen molar-refractivity contribution in [1.82, 2.24) is 9.29 Å². The smallest absolute Gasteiger partial charge is 0.330 e. The molecule has 0 bridgehead atoms. The van der Waals surface area contributed by atoms with Gasteiger partial charge in [-0.25, -0.2) is 21.6 Å². The Bertz CT molecular complexity index is 1220. The van der Waals surface area contributed by atoms with Gasteiger partial charge < -0.3 is 10.1 Å². The Morgan fingerprint density at radius 2 is 1.94 bits per heavy atom. The summed E-state index contributed by atoms with van der Waals surface area (Å²) < 4.78 is 47.3. The van der Waals surface area contributed by atoms with E-state index in [0.29, 0.717) is 17.7 Å². The first-order valence-corrected chi connectivity index (χ1v) is 11.1. The Kier molecular flexibility index (Phi) is 7.04. The van der Waals surface area contributed by atoms with Gasteiger partial charge in [-0.2, -0.15) is 0 Å². The standard InChI is InChI=1S/C23H23FN2O4S/c1-3-30-23(27)12-11-17-7-6-8-19(13-17)31(28,29)26-16-18(15-25-2)14-22(26)20-9-4-5-10-21(20)24/h4-14,16,25H,3,15H2,1-2H3/b12-11+. The van der Waals surface area contributed by atoms with Crippen LogP contribution in [0.1, 0.15) is 18.1 Å². The predicted molar refractivity (Wildman–Crippen MR) is 117 cm³/mol. The molecule has 1 heterocycles. The summed E-state index contributed by atoms with van der Waals surface area (Å²) in [7, 11) is -2.29. The molecule has 0 aliphatic rings. The molecule has 0 aliphatic heterocycles. The monoisotopic (exact) mass is 442 g/mol. The second-order valence-corrected chi connectivity index (χ2v) is 8.52. The fourth-order valence-electron chi connectivity index (χ4n) is 3.11. The van der Waals surface area contributed by atoms with Crippen LogP contribution in [0.4, 0.5) is 4.39 Å². The van der Waals surface area contributed by atoms with Crippen LogP contribution >= 0.6 is 0 Å². The lowest BCUT2D eigenvalue weighted by Crippen LogP contribution is -2.14. The molecule has 3 rings (SSSR count). The van der Waals surface area contributed by atoms with Gasteiger partial charge in [0.05, 0.1) is 17.2 Å². The number of nitrogens with zero attached hydrogens (tertiary/aromatic N) is 1. The van der Waals surface area contributed by atoms with Crippen molar-refractivity contribution in [1.29, 1.82) is 0 Å². The van der Waals surface area contributed by atoms with Gasteiger partial charge >= 0.3 is 5.97 Å². The number of rotatable bonds is 8. The lowest BCUT2D eigenvalue weighted by Gasteiger charge is -2.12. The van der Waals surface area contributed by atoms with Gasteiger partial charge in [-0.3, -0.25) is 0 Å². The van der Waals surface area contributed by atoms with E-state index >= 15 is 0 Å². The molecule has 8 heteroatoms. The zero-order valence-electron chi connectivity index (χ0n) is 17.2. The molecule has 2 aromatic carbocycles. The molecule has 0 radical (unpaired) electrons. The van der Waals surface area contributed by atoms with Crippen molar-refractivity contribution in [2.45, 2.75) is 18.4 Å². The van der Waals surface area contributed by atoms with Gasteiger partial charge in [0.25, 0.3) is 10.0 Å². The van der Waals surface area contributed by atoms with E-state index in [1.165, 1.54) is 36.5 Å². The summed E-state index contributed by atoms with van der Waals surface area (Å²) in [5.41, 5.74) is 1.63. The molecule has 0 saturated heterocycles. The van der Waals surface area contributed by atoms with Crippen LogP contribution in [-0.2, 0) is 26.1 Å². The third-order valence-electron chi connectivity index (χ3n) is 4.49. The van der Waals surface area contributed by atoms with Crippen molar-refractivity contribution in [2.75, 3.05) is 13.7 Å². The van der Waals surface area contributed by atoms with E-state index in [-0.39, 0.29) is 22.8 Å². The first-order chi connectivity index (χ1) is 14.9. The Hall–Kier alpha value is -3.23. The van der Waals surface area contributed by atoms with Gasteiger partial charge in [-0.05, 0) is 61.5 Å². The molecule has 0 unspecified atom stereocenters. The number of hydrogen-bond donors (Lipinski definition) is 1. The molecule has 0 aliphatic carbocycles. The SMILES string of the molecule is CCOC(=O)/C=C/c1cccc(S(=O)(=O)n2cc(CNC)cc2-c2ccccc2F)c1. The minimum Gasteiger partial charge on any atom is -0.463 e. The summed E-state index contributed by atoms with van der Waals surface area (Å²) in [5.74, 6) is -1.03. The zero-order chi connectivity index (χ0) is 22.4. The van der Waals surface area contributed by atoms with E-state index in [4.69, 9.17) is 4.74 Å². The van der Waals surface area contributed by atoms with Crippen LogP contribution in [0.3, 0.4) is 0 Å². The van der Waals surface area contributed by atoms with Gasteiger partial charge in [0, 0.05) is 24.4 Å². The normalized spacial score (nSPS) is 11.7. The van der Waals surface area contributed by atoms with E-state index in [9.17, 15) is 17.6 Å². The summed E-state index contributed by atoms with van der Waals surface area (Å²) in [4.78, 5) is 11.6. The van der Waals surface area contributed by atoms with Crippen LogP contribution in [0, 0.1) is 5.82 Å². The summed E-state index contributed by atoms with van der Waals surface area (Å²) >= 11 is 0. The van der Waals surface area contributed by atoms with Crippen molar-refractivity contribution in [3.63, 3.8) is 0 Å². The Morgan fingerprint density at radius 1 is 1.16 bits per heavy atom. The van der Waals surface area contributed by atoms with Crippen LogP contribution < -0.4 is 5.32 Å². The number of carbonyl (C=O) groups is 1. The van der Waals surface area contributed by atoms with Gasteiger partial charge in [-0.15, -0.1) is 0 Å². The van der Waals surface area contributed by atoms with Gasteiger partial charge in [-0.1, -0.05) is 24.3 Å². The fourth-order valence-corrected chi connectivity index (χ4v) is 4.56. The van der Waals surface area contributed by atoms with Crippen LogP contribution in [0.2, 0.25) is 0 Å². The highest BCUT2D eigenvalue weighted by atomic mass is 32.2. The Morgan fingerprint density at radius 3 is 2.65 bits per heavy atom. The number of ether oxygens (including phenoxy) is 1. The number of nitrogens with one attached hydrogen (secondary N) is 1. The maximum Gasteiger partial charge on any atom is 0.330 e. The summed E-state index contributed by atoms with van der Waals surface area (Å²) in [6.45, 7) is 2.37. The van der Waals surface area contributed by atoms with Crippen molar-refractivity contribution in [3.05, 3.63) is 83.8 Å². The molecule has 0 atom stereocenters.